The number of aryl methyl sites for hydroxylation is 1. The lowest BCUT2D eigenvalue weighted by Gasteiger charge is -2.45. The molecular weight excluding hydrogens is 328 g/mol. The molecule has 2 aromatic heterocycles. The smallest absolute Gasteiger partial charge is 0.328 e. The molecule has 5 rings (SSSR count). The molecule has 0 bridgehead atoms. The van der Waals surface area contributed by atoms with Crippen LogP contribution in [0.25, 0.3) is 10.9 Å². The minimum Gasteiger partial charge on any atom is -0.493 e. The third-order valence-electron chi connectivity index (χ3n) is 6.36. The van der Waals surface area contributed by atoms with Gasteiger partial charge in [-0.15, -0.1) is 0 Å². The Labute approximate surface area is 151 Å². The number of piperidine rings is 1. The molecule has 2 aliphatic rings. The fourth-order valence-corrected chi connectivity index (χ4v) is 5.17. The van der Waals surface area contributed by atoms with E-state index in [1.54, 1.807) is 4.57 Å². The van der Waals surface area contributed by atoms with E-state index >= 15 is 0 Å². The molecule has 1 saturated heterocycles. The highest BCUT2D eigenvalue weighted by atomic mass is 16.3. The molecule has 1 aliphatic heterocycles. The van der Waals surface area contributed by atoms with E-state index in [0.29, 0.717) is 24.4 Å². The summed E-state index contributed by atoms with van der Waals surface area (Å²) >= 11 is 0. The highest BCUT2D eigenvalue weighted by Crippen LogP contribution is 2.44. The minimum absolute atomic E-state index is 0.0604. The molecule has 1 aliphatic carbocycles. The number of nitrogens with zero attached hydrogens (tertiary/aromatic N) is 2. The molecule has 6 heteroatoms. The summed E-state index contributed by atoms with van der Waals surface area (Å²) in [6.45, 7) is 1.70. The summed E-state index contributed by atoms with van der Waals surface area (Å²) in [7, 11) is 2.23. The fraction of sp³-hybridized carbons (Fsp3) is 0.450. The number of rotatable bonds is 3. The van der Waals surface area contributed by atoms with E-state index in [1.807, 2.05) is 0 Å². The number of imidazole rings is 1. The first-order chi connectivity index (χ1) is 12.6. The number of fused-ring (bicyclic) bond motifs is 2. The maximum Gasteiger partial charge on any atom is 0.328 e. The van der Waals surface area contributed by atoms with Gasteiger partial charge in [-0.1, -0.05) is 12.1 Å². The Kier molecular flexibility index (Phi) is 3.50. The predicted molar refractivity (Wildman–Crippen MR) is 101 cm³/mol. The van der Waals surface area contributed by atoms with Crippen LogP contribution in [0, 0.1) is 5.92 Å². The van der Waals surface area contributed by atoms with Crippen molar-refractivity contribution in [1.82, 2.24) is 19.4 Å². The molecule has 0 saturated carbocycles. The number of H-pyrrole nitrogens is 2. The van der Waals surface area contributed by atoms with E-state index in [0.717, 1.165) is 25.8 Å². The van der Waals surface area contributed by atoms with Crippen LogP contribution in [0.5, 0.6) is 5.88 Å². The molecular formula is C20H24N4O2. The van der Waals surface area contributed by atoms with Crippen molar-refractivity contribution in [3.05, 3.63) is 52.2 Å². The van der Waals surface area contributed by atoms with Crippen molar-refractivity contribution in [2.24, 2.45) is 5.92 Å². The number of likely N-dealkylation sites (N-methyl/N-ethyl adjacent to an activating group) is 1. The number of hydrogen-bond acceptors (Lipinski definition) is 3. The second-order valence-corrected chi connectivity index (χ2v) is 7.93. The molecule has 1 fully saturated rings. The van der Waals surface area contributed by atoms with Gasteiger partial charge in [0.1, 0.15) is 0 Å². The van der Waals surface area contributed by atoms with Gasteiger partial charge in [-0.25, -0.2) is 4.79 Å². The lowest BCUT2D eigenvalue weighted by molar-refractivity contribution is 0.105. The van der Waals surface area contributed by atoms with Crippen LogP contribution in [0.3, 0.4) is 0 Å². The lowest BCUT2D eigenvalue weighted by atomic mass is 9.72. The second kappa shape index (κ2) is 5.77. The molecule has 1 aromatic carbocycles. The third kappa shape index (κ3) is 2.40. The maximum absolute atomic E-state index is 11.8. The third-order valence-corrected chi connectivity index (χ3v) is 6.36. The van der Waals surface area contributed by atoms with E-state index < -0.39 is 0 Å². The summed E-state index contributed by atoms with van der Waals surface area (Å²) in [4.78, 5) is 20.1. The van der Waals surface area contributed by atoms with Crippen molar-refractivity contribution in [3.8, 4) is 5.88 Å². The Morgan fingerprint density at radius 2 is 2.23 bits per heavy atom. The number of aromatic hydroxyl groups is 1. The summed E-state index contributed by atoms with van der Waals surface area (Å²) in [5, 5.41) is 10.9. The van der Waals surface area contributed by atoms with Crippen LogP contribution in [0.1, 0.15) is 29.9 Å². The van der Waals surface area contributed by atoms with Crippen LogP contribution in [0.2, 0.25) is 0 Å². The van der Waals surface area contributed by atoms with Gasteiger partial charge in [-0.05, 0) is 49.4 Å². The average molecular weight is 352 g/mol. The van der Waals surface area contributed by atoms with Gasteiger partial charge in [0.05, 0.1) is 6.20 Å². The van der Waals surface area contributed by atoms with Gasteiger partial charge in [-0.3, -0.25) is 9.55 Å². The Bertz CT molecular complexity index is 1010. The monoisotopic (exact) mass is 352 g/mol. The van der Waals surface area contributed by atoms with Gasteiger partial charge in [0.25, 0.3) is 0 Å². The summed E-state index contributed by atoms with van der Waals surface area (Å²) in [6.07, 6.45) is 6.88. The molecule has 3 N–H and O–H groups in total. The number of aromatic amines is 2. The Morgan fingerprint density at radius 1 is 1.35 bits per heavy atom. The van der Waals surface area contributed by atoms with Gasteiger partial charge in [0.2, 0.25) is 5.88 Å². The Hall–Kier alpha value is -2.47. The van der Waals surface area contributed by atoms with Crippen LogP contribution in [-0.2, 0) is 13.0 Å². The molecule has 1 unspecified atom stereocenters. The van der Waals surface area contributed by atoms with E-state index in [2.05, 4.69) is 46.3 Å². The van der Waals surface area contributed by atoms with Crippen molar-refractivity contribution in [2.75, 3.05) is 13.6 Å². The zero-order chi connectivity index (χ0) is 17.8. The zero-order valence-electron chi connectivity index (χ0n) is 14.9. The number of nitrogens with one attached hydrogen (secondary N) is 2. The van der Waals surface area contributed by atoms with Crippen molar-refractivity contribution < 1.29 is 5.11 Å². The lowest BCUT2D eigenvalue weighted by Crippen LogP contribution is -2.48. The highest BCUT2D eigenvalue weighted by Gasteiger charge is 2.39. The standard InChI is InChI=1S/C20H24N4O2/c1-23-10-12(5-6-24-11-18(25)22-20(24)26)7-15-14-3-2-4-16-19(14)13(9-21-16)8-17(15)23/h2-4,9,11-12,15,17,21,25H,5-8,10H2,1H3,(H,22,26)/t12?,15-,17-/m1/s1. The molecule has 3 atom stereocenters. The van der Waals surface area contributed by atoms with Gasteiger partial charge in [-0.2, -0.15) is 0 Å². The quantitative estimate of drug-likeness (QED) is 0.677. The molecule has 0 spiro atoms. The summed E-state index contributed by atoms with van der Waals surface area (Å²) in [6, 6.07) is 7.17. The zero-order valence-corrected chi connectivity index (χ0v) is 14.9. The fourth-order valence-electron chi connectivity index (χ4n) is 5.17. The van der Waals surface area contributed by atoms with Crippen LogP contribution >= 0.6 is 0 Å². The molecule has 3 aromatic rings. The predicted octanol–water partition coefficient (Wildman–Crippen LogP) is 2.41. The van der Waals surface area contributed by atoms with Crippen molar-refractivity contribution in [3.63, 3.8) is 0 Å². The SMILES string of the molecule is CN1CC(CCn2cc(O)[nH]c2=O)C[C@@H]2c3cccc4[nH]cc(c34)C[C@H]21. The maximum atomic E-state index is 11.8. The normalized spacial score (nSPS) is 25.5. The summed E-state index contributed by atoms with van der Waals surface area (Å²) in [5.41, 5.74) is 3.93. The minimum atomic E-state index is -0.232. The first-order valence-corrected chi connectivity index (χ1v) is 9.37. The number of hydrogen-bond donors (Lipinski definition) is 3. The first kappa shape index (κ1) is 15.8. The molecule has 26 heavy (non-hydrogen) atoms. The van der Waals surface area contributed by atoms with Gasteiger partial charge >= 0.3 is 5.69 Å². The number of benzene rings is 1. The number of likely N-dealkylation sites (tertiary alicyclic amines) is 1. The van der Waals surface area contributed by atoms with Gasteiger partial charge in [0.15, 0.2) is 0 Å². The van der Waals surface area contributed by atoms with Crippen LogP contribution < -0.4 is 5.69 Å². The number of aromatic nitrogens is 3. The second-order valence-electron chi connectivity index (χ2n) is 7.93. The van der Waals surface area contributed by atoms with Gasteiger partial charge < -0.3 is 15.0 Å². The average Bonchev–Trinajstić information content (AvgIpc) is 3.18. The summed E-state index contributed by atoms with van der Waals surface area (Å²) in [5.74, 6) is 1.03. The molecule has 6 nitrogen and oxygen atoms in total. The van der Waals surface area contributed by atoms with E-state index in [4.69, 9.17) is 0 Å². The van der Waals surface area contributed by atoms with Crippen molar-refractivity contribution in [1.29, 1.82) is 0 Å². The Morgan fingerprint density at radius 3 is 3.04 bits per heavy atom. The largest absolute Gasteiger partial charge is 0.493 e. The van der Waals surface area contributed by atoms with Gasteiger partial charge in [0, 0.05) is 42.1 Å². The van der Waals surface area contributed by atoms with Crippen molar-refractivity contribution in [2.45, 2.75) is 37.8 Å². The van der Waals surface area contributed by atoms with Crippen LogP contribution in [0.4, 0.5) is 0 Å². The highest BCUT2D eigenvalue weighted by molar-refractivity contribution is 5.88. The van der Waals surface area contributed by atoms with E-state index in [-0.39, 0.29) is 11.6 Å². The van der Waals surface area contributed by atoms with Crippen LogP contribution in [-0.4, -0.2) is 44.2 Å². The van der Waals surface area contributed by atoms with Crippen molar-refractivity contribution >= 4 is 10.9 Å². The molecule has 136 valence electrons. The first-order valence-electron chi connectivity index (χ1n) is 9.37. The van der Waals surface area contributed by atoms with E-state index in [9.17, 15) is 9.90 Å². The molecule has 0 radical (unpaired) electrons. The van der Waals surface area contributed by atoms with Crippen LogP contribution in [0.15, 0.2) is 35.4 Å². The van der Waals surface area contributed by atoms with E-state index in [1.165, 1.54) is 28.2 Å². The Balaban J connectivity index is 1.40. The topological polar surface area (TPSA) is 77.0 Å². The molecule has 0 amide bonds. The summed E-state index contributed by atoms with van der Waals surface area (Å²) < 4.78 is 1.58. The molecule has 3 heterocycles.